The number of benzene rings is 2. The van der Waals surface area contributed by atoms with E-state index in [0.29, 0.717) is 22.7 Å². The highest BCUT2D eigenvalue weighted by Gasteiger charge is 2.39. The number of carbonyl (C=O) groups excluding carboxylic acids is 3. The molecule has 1 saturated carbocycles. The molecule has 3 aromatic rings. The van der Waals surface area contributed by atoms with Crippen molar-refractivity contribution in [3.05, 3.63) is 64.2 Å². The van der Waals surface area contributed by atoms with Crippen LogP contribution in [0.25, 0.3) is 0 Å². The van der Waals surface area contributed by atoms with Crippen molar-refractivity contribution in [3.8, 4) is 11.5 Å². The van der Waals surface area contributed by atoms with Gasteiger partial charge in [-0.2, -0.15) is 4.37 Å². The highest BCUT2D eigenvalue weighted by atomic mass is 32.1. The number of methoxy groups -OCH3 is 2. The van der Waals surface area contributed by atoms with Gasteiger partial charge in [0.1, 0.15) is 10.9 Å². The number of nitrogens with one attached hydrogen (secondary N) is 1. The summed E-state index contributed by atoms with van der Waals surface area (Å²) in [5.74, 6) is -1.08. The van der Waals surface area contributed by atoms with Gasteiger partial charge in [-0.15, -0.1) is 0 Å². The van der Waals surface area contributed by atoms with Crippen LogP contribution in [0.3, 0.4) is 0 Å². The van der Waals surface area contributed by atoms with Crippen LogP contribution in [-0.2, 0) is 4.79 Å². The summed E-state index contributed by atoms with van der Waals surface area (Å²) in [5, 5.41) is 3.17. The second kappa shape index (κ2) is 12.2. The third-order valence-electron chi connectivity index (χ3n) is 6.87. The number of primary amides is 1. The number of anilines is 2. The van der Waals surface area contributed by atoms with Crippen LogP contribution >= 0.6 is 11.5 Å². The van der Waals surface area contributed by atoms with Crippen molar-refractivity contribution in [1.29, 1.82) is 0 Å². The molecule has 0 radical (unpaired) electrons. The normalized spacial score (nSPS) is 14.3. The van der Waals surface area contributed by atoms with Gasteiger partial charge in [0, 0.05) is 17.3 Å². The summed E-state index contributed by atoms with van der Waals surface area (Å²) >= 11 is 0.762. The number of para-hydroxylation sites is 1. The Morgan fingerprint density at radius 2 is 1.74 bits per heavy atom. The number of rotatable bonds is 9. The Kier molecular flexibility index (Phi) is 8.70. The Morgan fingerprint density at radius 1 is 1.05 bits per heavy atom. The smallest absolute Gasteiger partial charge is 0.273 e. The molecular weight excluding hydrogens is 518 g/mol. The Balaban J connectivity index is 1.91. The van der Waals surface area contributed by atoms with Crippen molar-refractivity contribution in [2.24, 2.45) is 5.73 Å². The molecule has 1 fully saturated rings. The first-order valence-electron chi connectivity index (χ1n) is 12.7. The number of hydrogen-bond donors (Lipinski definition) is 3. The maximum Gasteiger partial charge on any atom is 0.273 e. The zero-order chi connectivity index (χ0) is 28.1. The van der Waals surface area contributed by atoms with Crippen molar-refractivity contribution in [2.75, 3.05) is 24.9 Å². The van der Waals surface area contributed by atoms with Crippen LogP contribution in [0.4, 0.5) is 11.4 Å². The van der Waals surface area contributed by atoms with E-state index in [9.17, 15) is 14.4 Å². The molecule has 2 aromatic carbocycles. The lowest BCUT2D eigenvalue weighted by molar-refractivity contribution is -0.123. The van der Waals surface area contributed by atoms with E-state index < -0.39 is 17.9 Å². The number of hydrogen-bond acceptors (Lipinski definition) is 8. The van der Waals surface area contributed by atoms with E-state index in [0.717, 1.165) is 49.2 Å². The van der Waals surface area contributed by atoms with E-state index in [1.54, 1.807) is 30.3 Å². The first kappa shape index (κ1) is 27.9. The van der Waals surface area contributed by atoms with Gasteiger partial charge in [0.15, 0.2) is 17.2 Å². The third-order valence-corrected chi connectivity index (χ3v) is 7.72. The van der Waals surface area contributed by atoms with Crippen LogP contribution in [0.2, 0.25) is 0 Å². The molecule has 206 valence electrons. The molecule has 0 bridgehead atoms. The van der Waals surface area contributed by atoms with Crippen molar-refractivity contribution < 1.29 is 23.9 Å². The van der Waals surface area contributed by atoms with Crippen LogP contribution in [-0.4, -0.2) is 42.4 Å². The molecule has 4 rings (SSSR count). The number of ether oxygens (including phenoxy) is 2. The van der Waals surface area contributed by atoms with Crippen LogP contribution in [0.5, 0.6) is 11.5 Å². The molecule has 5 N–H and O–H groups in total. The van der Waals surface area contributed by atoms with Gasteiger partial charge < -0.3 is 26.3 Å². The molecule has 39 heavy (non-hydrogen) atoms. The fourth-order valence-electron chi connectivity index (χ4n) is 4.88. The predicted molar refractivity (Wildman–Crippen MR) is 150 cm³/mol. The molecule has 0 aliphatic heterocycles. The standard InChI is InChI=1S/C28H33N5O5S/c1-16-12-14-18(15-13-16)33(28(36)25-21(29)22(26(30)34)32-39-25)23(27(35)31-17-8-5-4-6-9-17)19-10-7-11-20(37-2)24(19)38-3/h7,10-15,17,23H,4-6,8-9,29H2,1-3H3,(H2,30,34)(H,31,35)/t23-/m0/s1. The summed E-state index contributed by atoms with van der Waals surface area (Å²) in [4.78, 5) is 41.6. The summed E-state index contributed by atoms with van der Waals surface area (Å²) in [6.45, 7) is 1.93. The quantitative estimate of drug-likeness (QED) is 0.364. The van der Waals surface area contributed by atoms with Gasteiger partial charge in [-0.1, -0.05) is 49.1 Å². The van der Waals surface area contributed by atoms with Gasteiger partial charge >= 0.3 is 0 Å². The maximum atomic E-state index is 14.3. The summed E-state index contributed by atoms with van der Waals surface area (Å²) < 4.78 is 15.2. The molecule has 3 amide bonds. The number of carbonyl (C=O) groups is 3. The SMILES string of the molecule is COc1cccc([C@@H](C(=O)NC2CCCCC2)N(C(=O)c2snc(C(N)=O)c2N)c2ccc(C)cc2)c1OC. The topological polar surface area (TPSA) is 150 Å². The zero-order valence-electron chi connectivity index (χ0n) is 22.2. The maximum absolute atomic E-state index is 14.3. The van der Waals surface area contributed by atoms with Crippen molar-refractivity contribution in [3.63, 3.8) is 0 Å². The number of nitrogen functional groups attached to an aromatic ring is 1. The highest BCUT2D eigenvalue weighted by molar-refractivity contribution is 7.09. The van der Waals surface area contributed by atoms with Crippen LogP contribution in [0.1, 0.15) is 69.4 Å². The number of nitrogens with zero attached hydrogens (tertiary/aromatic N) is 2. The molecule has 0 spiro atoms. The third kappa shape index (κ3) is 5.83. The average molecular weight is 552 g/mol. The largest absolute Gasteiger partial charge is 0.493 e. The molecular formula is C28H33N5O5S. The zero-order valence-corrected chi connectivity index (χ0v) is 23.0. The fraction of sp³-hybridized carbons (Fsp3) is 0.357. The lowest BCUT2D eigenvalue weighted by atomic mass is 9.94. The van der Waals surface area contributed by atoms with Gasteiger partial charge in [0.25, 0.3) is 11.8 Å². The van der Waals surface area contributed by atoms with E-state index in [2.05, 4.69) is 9.69 Å². The van der Waals surface area contributed by atoms with E-state index in [1.165, 1.54) is 19.1 Å². The first-order chi connectivity index (χ1) is 18.8. The minimum atomic E-state index is -1.16. The van der Waals surface area contributed by atoms with Crippen LogP contribution in [0.15, 0.2) is 42.5 Å². The minimum Gasteiger partial charge on any atom is -0.493 e. The van der Waals surface area contributed by atoms with Crippen LogP contribution < -0.4 is 31.2 Å². The Bertz CT molecular complexity index is 1350. The second-order valence-electron chi connectivity index (χ2n) is 9.48. The Labute approximate surface area is 231 Å². The molecule has 1 heterocycles. The second-order valence-corrected chi connectivity index (χ2v) is 10.3. The van der Waals surface area contributed by atoms with Gasteiger partial charge in [0.05, 0.1) is 19.9 Å². The Morgan fingerprint density at radius 3 is 2.33 bits per heavy atom. The van der Waals surface area contributed by atoms with Crippen molar-refractivity contribution >= 4 is 40.6 Å². The van der Waals surface area contributed by atoms with E-state index in [4.69, 9.17) is 20.9 Å². The van der Waals surface area contributed by atoms with Gasteiger partial charge in [0.2, 0.25) is 5.91 Å². The van der Waals surface area contributed by atoms with E-state index in [-0.39, 0.29) is 28.2 Å². The number of aromatic nitrogens is 1. The van der Waals surface area contributed by atoms with Gasteiger partial charge in [-0.25, -0.2) is 0 Å². The lowest BCUT2D eigenvalue weighted by Gasteiger charge is -2.34. The number of aryl methyl sites for hydroxylation is 1. The van der Waals surface area contributed by atoms with Crippen LogP contribution in [0, 0.1) is 6.92 Å². The minimum absolute atomic E-state index is 0.00158. The molecule has 0 saturated heterocycles. The fourth-order valence-corrected chi connectivity index (χ4v) is 5.62. The van der Waals surface area contributed by atoms with Gasteiger partial charge in [-0.3, -0.25) is 19.3 Å². The lowest BCUT2D eigenvalue weighted by Crippen LogP contribution is -2.47. The molecule has 1 atom stereocenters. The van der Waals surface area contributed by atoms with E-state index in [1.807, 2.05) is 19.1 Å². The highest BCUT2D eigenvalue weighted by Crippen LogP contribution is 2.40. The molecule has 1 aliphatic carbocycles. The summed E-state index contributed by atoms with van der Waals surface area (Å²) in [6.07, 6.45) is 4.88. The van der Waals surface area contributed by atoms with E-state index >= 15 is 0 Å². The van der Waals surface area contributed by atoms with Crippen molar-refractivity contribution in [1.82, 2.24) is 9.69 Å². The van der Waals surface area contributed by atoms with Gasteiger partial charge in [-0.05, 0) is 49.5 Å². The molecule has 1 aromatic heterocycles. The number of amides is 3. The molecule has 1 aliphatic rings. The first-order valence-corrected chi connectivity index (χ1v) is 13.5. The predicted octanol–water partition coefficient (Wildman–Crippen LogP) is 3.99. The number of nitrogens with two attached hydrogens (primary N) is 2. The molecule has 11 heteroatoms. The summed E-state index contributed by atoms with van der Waals surface area (Å²) in [7, 11) is 2.99. The average Bonchev–Trinajstić information content (AvgIpc) is 3.33. The summed E-state index contributed by atoms with van der Waals surface area (Å²) in [6, 6.07) is 11.2. The molecule has 0 unspecified atom stereocenters. The monoisotopic (exact) mass is 551 g/mol. The van der Waals surface area contributed by atoms with Crippen molar-refractivity contribution in [2.45, 2.75) is 51.1 Å². The molecule has 10 nitrogen and oxygen atoms in total. The summed E-state index contributed by atoms with van der Waals surface area (Å²) in [5.41, 5.74) is 13.1. The Hall–Kier alpha value is -4.12.